The largest absolute Gasteiger partial charge is 0.340 e. The van der Waals surface area contributed by atoms with E-state index >= 15 is 0 Å². The Hall–Kier alpha value is -4.52. The summed E-state index contributed by atoms with van der Waals surface area (Å²) in [5.41, 5.74) is 2.70. The molecule has 2 aromatic carbocycles. The number of nitrogens with one attached hydrogen (secondary N) is 2. The monoisotopic (exact) mass is 524 g/mol. The summed E-state index contributed by atoms with van der Waals surface area (Å²) in [5.74, 6) is 0.403. The van der Waals surface area contributed by atoms with Crippen LogP contribution in [-0.4, -0.2) is 38.2 Å². The summed E-state index contributed by atoms with van der Waals surface area (Å²) >= 11 is 0. The highest BCUT2D eigenvalue weighted by Crippen LogP contribution is 2.45. The number of hydrogen-bond acceptors (Lipinski definition) is 7. The van der Waals surface area contributed by atoms with Crippen molar-refractivity contribution in [1.82, 2.24) is 20.2 Å². The molecular formula is C29H29FN8O. The van der Waals surface area contributed by atoms with Gasteiger partial charge in [0.15, 0.2) is 11.6 Å². The molecule has 9 nitrogen and oxygen atoms in total. The first-order valence-electron chi connectivity index (χ1n) is 13.1. The average Bonchev–Trinajstić information content (AvgIpc) is 3.40. The average molecular weight is 525 g/mol. The van der Waals surface area contributed by atoms with Gasteiger partial charge in [-0.3, -0.25) is 14.8 Å². The van der Waals surface area contributed by atoms with E-state index in [9.17, 15) is 14.4 Å². The number of aromatic nitrogens is 4. The summed E-state index contributed by atoms with van der Waals surface area (Å²) in [5, 5.41) is 19.8. The maximum Gasteiger partial charge on any atom is 0.254 e. The van der Waals surface area contributed by atoms with Gasteiger partial charge in [-0.25, -0.2) is 9.37 Å². The Morgan fingerprint density at radius 2 is 1.97 bits per heavy atom. The minimum atomic E-state index is -0.475. The maximum absolute atomic E-state index is 14.6. The summed E-state index contributed by atoms with van der Waals surface area (Å²) in [4.78, 5) is 27.0. The minimum absolute atomic E-state index is 0.0980. The van der Waals surface area contributed by atoms with Crippen molar-refractivity contribution in [3.8, 4) is 6.07 Å². The van der Waals surface area contributed by atoms with Gasteiger partial charge >= 0.3 is 0 Å². The maximum atomic E-state index is 14.6. The molecule has 1 fully saturated rings. The number of carbonyl (C=O) groups excluding carboxylic acids is 1. The molecule has 1 amide bonds. The molecule has 1 aliphatic heterocycles. The molecule has 2 N–H and O–H groups in total. The smallest absolute Gasteiger partial charge is 0.254 e. The lowest BCUT2D eigenvalue weighted by Crippen LogP contribution is -2.55. The van der Waals surface area contributed by atoms with E-state index in [4.69, 9.17) is 4.98 Å². The quantitative estimate of drug-likeness (QED) is 0.339. The molecule has 0 spiro atoms. The van der Waals surface area contributed by atoms with Crippen LogP contribution in [0.25, 0.3) is 10.9 Å². The standard InChI is InChI=1S/C29H29FN8O/c1-17-27(39)38(22-6-4-5-18(11-22)14-31)24-16-32-28(34-20-12-19-15-33-36-25(19)23(30)13-20)35-26(24)37(17)21-7-9-29(2,3)10-8-21/h4-6,11-13,15-17,21H,7-10H2,1-3H3,(H,33,36)(H,32,34,35)/t17-/m1/s1. The molecule has 0 radical (unpaired) electrons. The highest BCUT2D eigenvalue weighted by Gasteiger charge is 2.43. The van der Waals surface area contributed by atoms with Gasteiger partial charge in [0.05, 0.1) is 29.7 Å². The summed E-state index contributed by atoms with van der Waals surface area (Å²) in [6.45, 7) is 6.47. The number of carbonyl (C=O) groups is 1. The molecule has 2 aliphatic rings. The van der Waals surface area contributed by atoms with E-state index in [1.54, 1.807) is 41.6 Å². The Balaban J connectivity index is 1.44. The number of anilines is 5. The van der Waals surface area contributed by atoms with Crippen LogP contribution >= 0.6 is 0 Å². The van der Waals surface area contributed by atoms with Crippen molar-refractivity contribution in [1.29, 1.82) is 5.26 Å². The fourth-order valence-corrected chi connectivity index (χ4v) is 5.73. The normalized spacial score (nSPS) is 19.2. The van der Waals surface area contributed by atoms with Crippen molar-refractivity contribution in [2.45, 2.75) is 58.5 Å². The summed E-state index contributed by atoms with van der Waals surface area (Å²) in [6.07, 6.45) is 7.19. The first-order chi connectivity index (χ1) is 18.7. The molecule has 0 saturated heterocycles. The van der Waals surface area contributed by atoms with Crippen molar-refractivity contribution in [2.75, 3.05) is 15.1 Å². The number of amides is 1. The van der Waals surface area contributed by atoms with E-state index in [0.717, 1.165) is 25.7 Å². The highest BCUT2D eigenvalue weighted by molar-refractivity contribution is 6.10. The summed E-state index contributed by atoms with van der Waals surface area (Å²) in [6, 6.07) is 11.9. The van der Waals surface area contributed by atoms with E-state index in [2.05, 4.69) is 45.3 Å². The Labute approximate surface area is 225 Å². The molecule has 10 heteroatoms. The third-order valence-electron chi connectivity index (χ3n) is 7.92. The van der Waals surface area contributed by atoms with Gasteiger partial charge in [0.2, 0.25) is 5.95 Å². The third kappa shape index (κ3) is 4.44. The van der Waals surface area contributed by atoms with Crippen LogP contribution in [0.1, 0.15) is 52.0 Å². The van der Waals surface area contributed by atoms with Gasteiger partial charge in [-0.2, -0.15) is 15.3 Å². The molecular weight excluding hydrogens is 495 g/mol. The Morgan fingerprint density at radius 3 is 2.74 bits per heavy atom. The lowest BCUT2D eigenvalue weighted by molar-refractivity contribution is -0.119. The molecule has 1 aliphatic carbocycles. The first-order valence-corrected chi connectivity index (χ1v) is 13.1. The van der Waals surface area contributed by atoms with Crippen LogP contribution in [0.5, 0.6) is 0 Å². The summed E-state index contributed by atoms with van der Waals surface area (Å²) < 4.78 is 14.6. The van der Waals surface area contributed by atoms with Crippen molar-refractivity contribution < 1.29 is 9.18 Å². The number of aromatic amines is 1. The van der Waals surface area contributed by atoms with Crippen LogP contribution in [0.2, 0.25) is 0 Å². The summed E-state index contributed by atoms with van der Waals surface area (Å²) in [7, 11) is 0. The van der Waals surface area contributed by atoms with Crippen molar-refractivity contribution in [3.05, 3.63) is 60.2 Å². The topological polar surface area (TPSA) is 114 Å². The van der Waals surface area contributed by atoms with E-state index in [1.165, 1.54) is 6.07 Å². The second kappa shape index (κ2) is 9.34. The predicted octanol–water partition coefficient (Wildman–Crippen LogP) is 5.95. The van der Waals surface area contributed by atoms with Crippen LogP contribution in [0.4, 0.5) is 33.2 Å². The number of halogens is 1. The second-order valence-electron chi connectivity index (χ2n) is 11.1. The molecule has 198 valence electrons. The van der Waals surface area contributed by atoms with E-state index in [1.807, 2.05) is 13.0 Å². The van der Waals surface area contributed by atoms with Crippen LogP contribution in [0, 0.1) is 22.6 Å². The van der Waals surface area contributed by atoms with Crippen LogP contribution in [0.15, 0.2) is 48.8 Å². The molecule has 1 atom stereocenters. The van der Waals surface area contributed by atoms with Gasteiger partial charge in [0.25, 0.3) is 5.91 Å². The van der Waals surface area contributed by atoms with E-state index in [0.29, 0.717) is 45.3 Å². The van der Waals surface area contributed by atoms with Gasteiger partial charge < -0.3 is 10.2 Å². The van der Waals surface area contributed by atoms with Crippen LogP contribution in [-0.2, 0) is 4.79 Å². The Morgan fingerprint density at radius 1 is 1.18 bits per heavy atom. The Kier molecular flexibility index (Phi) is 5.94. The van der Waals surface area contributed by atoms with E-state index < -0.39 is 11.9 Å². The van der Waals surface area contributed by atoms with Gasteiger partial charge in [-0.05, 0) is 68.4 Å². The molecule has 1 saturated carbocycles. The zero-order valence-electron chi connectivity index (χ0n) is 22.1. The number of benzene rings is 2. The fraction of sp³-hybridized carbons (Fsp3) is 0.345. The SMILES string of the molecule is C[C@@H]1C(=O)N(c2cccc(C#N)c2)c2cnc(Nc3cc(F)c4[nH]ncc4c3)nc2N1C1CCC(C)(C)CC1. The van der Waals surface area contributed by atoms with Gasteiger partial charge in [0.1, 0.15) is 17.2 Å². The van der Waals surface area contributed by atoms with Crippen LogP contribution < -0.4 is 15.1 Å². The molecule has 0 unspecified atom stereocenters. The predicted molar refractivity (Wildman–Crippen MR) is 148 cm³/mol. The Bertz CT molecular complexity index is 1610. The first kappa shape index (κ1) is 24.8. The van der Waals surface area contributed by atoms with Gasteiger partial charge in [0, 0.05) is 17.1 Å². The number of fused-ring (bicyclic) bond motifs is 2. The second-order valence-corrected chi connectivity index (χ2v) is 11.1. The molecule has 4 aromatic rings. The van der Waals surface area contributed by atoms with Crippen molar-refractivity contribution in [2.24, 2.45) is 5.41 Å². The lowest BCUT2D eigenvalue weighted by atomic mass is 9.75. The molecule has 39 heavy (non-hydrogen) atoms. The van der Waals surface area contributed by atoms with Crippen molar-refractivity contribution in [3.63, 3.8) is 0 Å². The van der Waals surface area contributed by atoms with Gasteiger partial charge in [-0.15, -0.1) is 0 Å². The minimum Gasteiger partial charge on any atom is -0.340 e. The molecule has 0 bridgehead atoms. The van der Waals surface area contributed by atoms with Crippen LogP contribution in [0.3, 0.4) is 0 Å². The van der Waals surface area contributed by atoms with Crippen molar-refractivity contribution >= 4 is 45.6 Å². The zero-order chi connectivity index (χ0) is 27.3. The molecule has 2 aromatic heterocycles. The molecule has 3 heterocycles. The lowest BCUT2D eigenvalue weighted by Gasteiger charge is -2.47. The number of nitrogens with zero attached hydrogens (tertiary/aromatic N) is 6. The number of hydrogen-bond donors (Lipinski definition) is 2. The highest BCUT2D eigenvalue weighted by atomic mass is 19.1. The third-order valence-corrected chi connectivity index (χ3v) is 7.92. The zero-order valence-corrected chi connectivity index (χ0v) is 22.1. The fourth-order valence-electron chi connectivity index (χ4n) is 5.73. The van der Waals surface area contributed by atoms with E-state index in [-0.39, 0.29) is 17.4 Å². The number of nitriles is 1. The number of H-pyrrole nitrogens is 1. The number of rotatable bonds is 4. The van der Waals surface area contributed by atoms with Gasteiger partial charge in [-0.1, -0.05) is 19.9 Å². The molecule has 6 rings (SSSR count).